The highest BCUT2D eigenvalue weighted by Gasteiger charge is 2.68. The van der Waals surface area contributed by atoms with Crippen molar-refractivity contribution in [2.75, 3.05) is 26.4 Å². The van der Waals surface area contributed by atoms with Crippen LogP contribution in [0.4, 0.5) is 0 Å². The summed E-state index contributed by atoms with van der Waals surface area (Å²) in [5, 5.41) is 96.0. The summed E-state index contributed by atoms with van der Waals surface area (Å²) in [4.78, 5) is 11.9. The molecule has 0 radical (unpaired) electrons. The first-order chi connectivity index (χ1) is 23.8. The zero-order valence-corrected chi connectivity index (χ0v) is 28.4. The molecule has 0 aromatic rings. The number of cyclic esters (lactones) is 1. The van der Waals surface area contributed by atoms with E-state index >= 15 is 0 Å². The quantitative estimate of drug-likeness (QED) is 0.0998. The third-order valence-electron chi connectivity index (χ3n) is 14.2. The van der Waals surface area contributed by atoms with E-state index in [9.17, 15) is 50.8 Å². The van der Waals surface area contributed by atoms with E-state index in [0.29, 0.717) is 25.7 Å². The van der Waals surface area contributed by atoms with Gasteiger partial charge in [0.15, 0.2) is 12.6 Å². The Bertz CT molecular complexity index is 1280. The Morgan fingerprint density at radius 1 is 0.780 bits per heavy atom. The molecule has 0 aromatic heterocycles. The zero-order chi connectivity index (χ0) is 35.7. The second-order valence-electron chi connectivity index (χ2n) is 16.2. The van der Waals surface area contributed by atoms with Crippen LogP contribution >= 0.6 is 0 Å². The van der Waals surface area contributed by atoms with Crippen LogP contribution in [0.15, 0.2) is 11.6 Å². The molecule has 0 aromatic carbocycles. The molecule has 0 spiro atoms. The first kappa shape index (κ1) is 37.0. The number of aliphatic hydroxyl groups excluding tert-OH is 8. The third-order valence-corrected chi connectivity index (χ3v) is 14.2. The van der Waals surface area contributed by atoms with E-state index in [4.69, 9.17) is 23.7 Å². The van der Waals surface area contributed by atoms with Gasteiger partial charge in [0.25, 0.3) is 0 Å². The van der Waals surface area contributed by atoms with Gasteiger partial charge >= 0.3 is 5.97 Å². The Morgan fingerprint density at radius 2 is 1.48 bits per heavy atom. The molecule has 284 valence electrons. The fourth-order valence-corrected chi connectivity index (χ4v) is 11.5. The summed E-state index contributed by atoms with van der Waals surface area (Å²) >= 11 is 0. The Labute approximate surface area is 290 Å². The van der Waals surface area contributed by atoms with E-state index in [2.05, 4.69) is 6.92 Å². The smallest absolute Gasteiger partial charge is 0.331 e. The first-order valence-electron chi connectivity index (χ1n) is 18.3. The van der Waals surface area contributed by atoms with E-state index in [-0.39, 0.29) is 54.4 Å². The van der Waals surface area contributed by atoms with Gasteiger partial charge in [-0.15, -0.1) is 0 Å². The molecule has 9 N–H and O–H groups in total. The lowest BCUT2D eigenvalue weighted by atomic mass is 9.43. The molecule has 15 nitrogen and oxygen atoms in total. The lowest BCUT2D eigenvalue weighted by Crippen LogP contribution is -2.65. The number of carbonyl (C=O) groups is 1. The summed E-state index contributed by atoms with van der Waals surface area (Å²) in [5.41, 5.74) is -0.743. The van der Waals surface area contributed by atoms with E-state index < -0.39 is 85.6 Å². The number of hydrogen-bond donors (Lipinski definition) is 9. The minimum Gasteiger partial charge on any atom is -0.458 e. The van der Waals surface area contributed by atoms with Crippen LogP contribution in [0.3, 0.4) is 0 Å². The molecule has 4 saturated carbocycles. The van der Waals surface area contributed by atoms with E-state index in [0.717, 1.165) is 37.7 Å². The van der Waals surface area contributed by atoms with E-state index in [1.807, 2.05) is 0 Å². The number of ether oxygens (including phenoxy) is 5. The molecular weight excluding hydrogens is 660 g/mol. The fourth-order valence-electron chi connectivity index (χ4n) is 11.5. The topological polar surface area (TPSA) is 245 Å². The van der Waals surface area contributed by atoms with Crippen molar-refractivity contribution in [3.05, 3.63) is 11.6 Å². The maximum Gasteiger partial charge on any atom is 0.331 e. The van der Waals surface area contributed by atoms with E-state index in [1.165, 1.54) is 0 Å². The SMILES string of the molecule is C[C@]12CC[C@H]3[C@@H](CC[C@H]4C[C@@H](O[C@@H]5O[C@H](CO)[C@@H](O[C@@H]6O[C@H](CO)[C@@H](O)[C@H](O)[C@H]6O)[C@H](O)[C@H]5O)CC[C@@]43CO)[C@@]1(O)CC[C@@H]2C1=CC(=O)OC1. The predicted octanol–water partition coefficient (Wildman–Crippen LogP) is -1.77. The van der Waals surface area contributed by atoms with Crippen molar-refractivity contribution < 1.29 is 74.4 Å². The lowest BCUT2D eigenvalue weighted by molar-refractivity contribution is -0.364. The van der Waals surface area contributed by atoms with Crippen LogP contribution in [-0.2, 0) is 28.5 Å². The van der Waals surface area contributed by atoms with Crippen molar-refractivity contribution in [3.63, 3.8) is 0 Å². The van der Waals surface area contributed by atoms with Crippen molar-refractivity contribution in [2.24, 2.45) is 34.5 Å². The molecule has 3 heterocycles. The minimum absolute atomic E-state index is 0.00956. The number of fused-ring (bicyclic) bond motifs is 5. The molecule has 6 fully saturated rings. The van der Waals surface area contributed by atoms with Gasteiger partial charge in [-0.25, -0.2) is 4.79 Å². The summed E-state index contributed by atoms with van der Waals surface area (Å²) < 4.78 is 28.5. The number of hydrogen-bond acceptors (Lipinski definition) is 15. The summed E-state index contributed by atoms with van der Waals surface area (Å²) in [5.74, 6) is -0.0377. The Balaban J connectivity index is 1.01. The molecule has 18 atom stereocenters. The highest BCUT2D eigenvalue weighted by atomic mass is 16.7. The molecular formula is C35H54O15. The molecule has 2 saturated heterocycles. The summed E-state index contributed by atoms with van der Waals surface area (Å²) in [7, 11) is 0. The Hall–Kier alpha value is -1.31. The normalized spacial score (nSPS) is 53.6. The van der Waals surface area contributed by atoms with Gasteiger partial charge in [-0.1, -0.05) is 6.92 Å². The number of rotatable bonds is 8. The summed E-state index contributed by atoms with van der Waals surface area (Å²) in [6, 6.07) is 0. The van der Waals surface area contributed by atoms with Gasteiger partial charge in [0.05, 0.1) is 24.9 Å². The van der Waals surface area contributed by atoms with Crippen LogP contribution < -0.4 is 0 Å². The lowest BCUT2D eigenvalue weighted by Gasteiger charge is -2.64. The van der Waals surface area contributed by atoms with Gasteiger partial charge in [0.2, 0.25) is 0 Å². The van der Waals surface area contributed by atoms with Crippen LogP contribution in [0.1, 0.15) is 64.7 Å². The largest absolute Gasteiger partial charge is 0.458 e. The van der Waals surface area contributed by atoms with Crippen LogP contribution in [0.2, 0.25) is 0 Å². The summed E-state index contributed by atoms with van der Waals surface area (Å²) in [6.45, 7) is 1.10. The average Bonchev–Trinajstić information content (AvgIpc) is 3.66. The van der Waals surface area contributed by atoms with Crippen LogP contribution in [0, 0.1) is 34.5 Å². The highest BCUT2D eigenvalue weighted by Crippen LogP contribution is 2.70. The standard InChI is InChI=1S/C35H54O15/c1-33-7-5-20-21(35(33,45)9-6-19(33)16-10-24(39)46-14-16)3-2-17-11-18(4-8-34(17,20)15-38)47-31-29(44)27(42)30(23(13-37)49-31)50-32-28(43)26(41)25(40)22(12-36)48-32/h10,17-23,25-32,36-38,40-45H,2-9,11-15H2,1H3/t17-,18-,19+,20-,21+,22+,23+,25+,26-,27+,28+,29+,30+,31+,32-,33+,34+,35-/m0/s1. The molecule has 7 aliphatic rings. The third kappa shape index (κ3) is 5.71. The number of aliphatic hydroxyl groups is 9. The summed E-state index contributed by atoms with van der Waals surface area (Å²) in [6.07, 6.45) is -7.59. The number of esters is 1. The molecule has 4 aliphatic carbocycles. The molecule has 0 amide bonds. The van der Waals surface area contributed by atoms with Gasteiger partial charge in [-0.2, -0.15) is 0 Å². The van der Waals surface area contributed by atoms with Gasteiger partial charge in [0.1, 0.15) is 55.4 Å². The molecule has 3 aliphatic heterocycles. The van der Waals surface area contributed by atoms with Crippen molar-refractivity contribution in [3.8, 4) is 0 Å². The molecule has 15 heteroatoms. The molecule has 7 rings (SSSR count). The van der Waals surface area contributed by atoms with E-state index in [1.54, 1.807) is 6.08 Å². The molecule has 0 unspecified atom stereocenters. The van der Waals surface area contributed by atoms with Crippen molar-refractivity contribution in [1.82, 2.24) is 0 Å². The van der Waals surface area contributed by atoms with Crippen LogP contribution in [0.25, 0.3) is 0 Å². The Kier molecular flexibility index (Phi) is 10.2. The van der Waals surface area contributed by atoms with Gasteiger partial charge in [0, 0.05) is 18.1 Å². The minimum atomic E-state index is -1.76. The van der Waals surface area contributed by atoms with Gasteiger partial charge in [-0.05, 0) is 92.4 Å². The molecule has 0 bridgehead atoms. The monoisotopic (exact) mass is 714 g/mol. The van der Waals surface area contributed by atoms with Crippen molar-refractivity contribution in [1.29, 1.82) is 0 Å². The zero-order valence-electron chi connectivity index (χ0n) is 28.4. The van der Waals surface area contributed by atoms with Crippen molar-refractivity contribution >= 4 is 5.97 Å². The molecule has 50 heavy (non-hydrogen) atoms. The number of carbonyl (C=O) groups excluding carboxylic acids is 1. The van der Waals surface area contributed by atoms with Crippen LogP contribution in [-0.4, -0.2) is 151 Å². The second kappa shape index (κ2) is 13.8. The van der Waals surface area contributed by atoms with Gasteiger partial charge < -0.3 is 69.6 Å². The Morgan fingerprint density at radius 3 is 2.16 bits per heavy atom. The fraction of sp³-hybridized carbons (Fsp3) is 0.914. The second-order valence-corrected chi connectivity index (χ2v) is 16.2. The first-order valence-corrected chi connectivity index (χ1v) is 18.3. The van der Waals surface area contributed by atoms with Gasteiger partial charge in [-0.3, -0.25) is 0 Å². The maximum absolute atomic E-state index is 12.5. The van der Waals surface area contributed by atoms with Crippen molar-refractivity contribution in [2.45, 2.75) is 138 Å². The average molecular weight is 715 g/mol. The predicted molar refractivity (Wildman–Crippen MR) is 168 cm³/mol. The highest BCUT2D eigenvalue weighted by molar-refractivity contribution is 5.85. The maximum atomic E-state index is 12.5. The van der Waals surface area contributed by atoms with Crippen LogP contribution in [0.5, 0.6) is 0 Å².